The van der Waals surface area contributed by atoms with Crippen LogP contribution in [0.5, 0.6) is 0 Å². The minimum absolute atomic E-state index is 0.0105. The summed E-state index contributed by atoms with van der Waals surface area (Å²) in [5.74, 6) is -1.85. The number of halogens is 4. The molecule has 2 fully saturated rings. The summed E-state index contributed by atoms with van der Waals surface area (Å²) in [5, 5.41) is 7.12. The fourth-order valence-electron chi connectivity index (χ4n) is 3.94. The third-order valence-electron chi connectivity index (χ3n) is 5.50. The number of carbonyl (C=O) groups is 2. The van der Waals surface area contributed by atoms with Gasteiger partial charge in [-0.2, -0.15) is 13.2 Å². The van der Waals surface area contributed by atoms with Gasteiger partial charge in [-0.05, 0) is 37.2 Å². The van der Waals surface area contributed by atoms with Crippen molar-refractivity contribution in [3.8, 4) is 0 Å². The van der Waals surface area contributed by atoms with Gasteiger partial charge in [-0.3, -0.25) is 9.69 Å². The van der Waals surface area contributed by atoms with Gasteiger partial charge >= 0.3 is 12.1 Å². The molecular weight excluding hydrogens is 420 g/mol. The SMILES string of the molecule is Cn1ccnc1CN1CCC2(CC(=O)N(c3ccc(F)cc3)C2)C1.O=C(O)C(F)(F)F. The number of amides is 1. The third-order valence-corrected chi connectivity index (χ3v) is 5.50. The highest BCUT2D eigenvalue weighted by molar-refractivity contribution is 5.96. The Bertz CT molecular complexity index is 945. The molecule has 2 aromatic rings. The van der Waals surface area contributed by atoms with Crippen molar-refractivity contribution >= 4 is 17.6 Å². The van der Waals surface area contributed by atoms with Crippen molar-refractivity contribution in [2.24, 2.45) is 12.5 Å². The fraction of sp³-hybridized carbons (Fsp3) is 0.450. The molecule has 2 aliphatic heterocycles. The van der Waals surface area contributed by atoms with Crippen molar-refractivity contribution in [2.75, 3.05) is 24.5 Å². The highest BCUT2D eigenvalue weighted by Gasteiger charge is 2.47. The molecule has 1 aromatic heterocycles. The largest absolute Gasteiger partial charge is 0.490 e. The lowest BCUT2D eigenvalue weighted by Gasteiger charge is -2.24. The Morgan fingerprint density at radius 1 is 1.23 bits per heavy atom. The van der Waals surface area contributed by atoms with Crippen molar-refractivity contribution in [3.63, 3.8) is 0 Å². The highest BCUT2D eigenvalue weighted by Crippen LogP contribution is 2.42. The van der Waals surface area contributed by atoms with E-state index in [1.807, 2.05) is 28.9 Å². The van der Waals surface area contributed by atoms with Crippen LogP contribution in [0.3, 0.4) is 0 Å². The molecule has 31 heavy (non-hydrogen) atoms. The number of aromatic nitrogens is 2. The quantitative estimate of drug-likeness (QED) is 0.740. The number of anilines is 1. The Balaban J connectivity index is 0.000000339. The molecule has 2 saturated heterocycles. The fourth-order valence-corrected chi connectivity index (χ4v) is 3.94. The maximum Gasteiger partial charge on any atom is 0.490 e. The molecule has 1 aromatic carbocycles. The van der Waals surface area contributed by atoms with Crippen LogP contribution < -0.4 is 4.90 Å². The second kappa shape index (κ2) is 8.66. The molecule has 0 saturated carbocycles. The van der Waals surface area contributed by atoms with Crippen molar-refractivity contribution in [2.45, 2.75) is 25.6 Å². The molecule has 11 heteroatoms. The van der Waals surface area contributed by atoms with E-state index in [0.717, 1.165) is 37.6 Å². The zero-order valence-corrected chi connectivity index (χ0v) is 16.8. The number of aliphatic carboxylic acids is 1. The second-order valence-electron chi connectivity index (χ2n) is 7.85. The number of likely N-dealkylation sites (tertiary alicyclic amines) is 1. The van der Waals surface area contributed by atoms with Gasteiger partial charge in [-0.1, -0.05) is 0 Å². The van der Waals surface area contributed by atoms with E-state index in [-0.39, 0.29) is 17.1 Å². The zero-order valence-electron chi connectivity index (χ0n) is 16.8. The molecule has 3 heterocycles. The van der Waals surface area contributed by atoms with Gasteiger partial charge in [-0.15, -0.1) is 0 Å². The van der Waals surface area contributed by atoms with E-state index in [1.165, 1.54) is 12.1 Å². The molecule has 168 valence electrons. The number of carbonyl (C=O) groups excluding carboxylic acids is 1. The van der Waals surface area contributed by atoms with Crippen molar-refractivity contribution in [1.82, 2.24) is 14.5 Å². The van der Waals surface area contributed by atoms with E-state index >= 15 is 0 Å². The smallest absolute Gasteiger partial charge is 0.475 e. The minimum atomic E-state index is -5.08. The van der Waals surface area contributed by atoms with Crippen LogP contribution in [0.15, 0.2) is 36.7 Å². The van der Waals surface area contributed by atoms with Gasteiger partial charge in [-0.25, -0.2) is 14.2 Å². The van der Waals surface area contributed by atoms with Crippen LogP contribution in [0.4, 0.5) is 23.2 Å². The summed E-state index contributed by atoms with van der Waals surface area (Å²) in [4.78, 5) is 30.0. The summed E-state index contributed by atoms with van der Waals surface area (Å²) in [5.41, 5.74) is 0.803. The second-order valence-corrected chi connectivity index (χ2v) is 7.85. The van der Waals surface area contributed by atoms with E-state index < -0.39 is 12.1 Å². The number of rotatable bonds is 3. The predicted molar refractivity (Wildman–Crippen MR) is 103 cm³/mol. The maximum atomic E-state index is 13.1. The number of benzene rings is 1. The van der Waals surface area contributed by atoms with Crippen molar-refractivity contribution < 1.29 is 32.3 Å². The summed E-state index contributed by atoms with van der Waals surface area (Å²) in [6.45, 7) is 3.42. The molecule has 1 spiro atoms. The summed E-state index contributed by atoms with van der Waals surface area (Å²) >= 11 is 0. The molecule has 0 bridgehead atoms. The van der Waals surface area contributed by atoms with Crippen LogP contribution >= 0.6 is 0 Å². The molecule has 0 aliphatic carbocycles. The van der Waals surface area contributed by atoms with Gasteiger partial charge in [0.15, 0.2) is 0 Å². The lowest BCUT2D eigenvalue weighted by Crippen LogP contribution is -2.31. The van der Waals surface area contributed by atoms with E-state index in [0.29, 0.717) is 13.0 Å². The van der Waals surface area contributed by atoms with Crippen molar-refractivity contribution in [3.05, 3.63) is 48.3 Å². The summed E-state index contributed by atoms with van der Waals surface area (Å²) in [7, 11) is 2.00. The topological polar surface area (TPSA) is 78.7 Å². The number of hydrogen-bond acceptors (Lipinski definition) is 4. The Morgan fingerprint density at radius 2 is 1.87 bits per heavy atom. The zero-order chi connectivity index (χ0) is 22.8. The van der Waals surface area contributed by atoms with Gasteiger partial charge in [0.05, 0.1) is 6.54 Å². The Labute approximate surface area is 175 Å². The summed E-state index contributed by atoms with van der Waals surface area (Å²) in [6, 6.07) is 6.20. The minimum Gasteiger partial charge on any atom is -0.475 e. The Morgan fingerprint density at radius 3 is 2.42 bits per heavy atom. The number of alkyl halides is 3. The van der Waals surface area contributed by atoms with Crippen molar-refractivity contribution in [1.29, 1.82) is 0 Å². The first-order valence-electron chi connectivity index (χ1n) is 9.54. The van der Waals surface area contributed by atoms with E-state index in [9.17, 15) is 22.4 Å². The van der Waals surface area contributed by atoms with Crippen LogP contribution in [0.2, 0.25) is 0 Å². The summed E-state index contributed by atoms with van der Waals surface area (Å²) in [6.07, 6.45) is 0.273. The number of imidazole rings is 1. The molecule has 0 radical (unpaired) electrons. The number of hydrogen-bond donors (Lipinski definition) is 1. The molecule has 1 unspecified atom stereocenters. The molecule has 1 N–H and O–H groups in total. The molecule has 7 nitrogen and oxygen atoms in total. The number of aryl methyl sites for hydroxylation is 1. The van der Waals surface area contributed by atoms with Gasteiger partial charge in [0.1, 0.15) is 11.6 Å². The highest BCUT2D eigenvalue weighted by atomic mass is 19.4. The number of carboxylic acid groups (broad SMARTS) is 1. The lowest BCUT2D eigenvalue weighted by atomic mass is 9.86. The first-order valence-corrected chi connectivity index (χ1v) is 9.54. The lowest BCUT2D eigenvalue weighted by molar-refractivity contribution is -0.192. The van der Waals surface area contributed by atoms with Gasteiger partial charge in [0, 0.05) is 50.1 Å². The number of nitrogens with zero attached hydrogens (tertiary/aromatic N) is 4. The molecule has 1 amide bonds. The monoisotopic (exact) mass is 442 g/mol. The Kier molecular flexibility index (Phi) is 6.35. The molecule has 4 rings (SSSR count). The molecule has 1 atom stereocenters. The summed E-state index contributed by atoms with van der Waals surface area (Å²) < 4.78 is 46.9. The first kappa shape index (κ1) is 22.7. The van der Waals surface area contributed by atoms with Crippen LogP contribution in [0, 0.1) is 11.2 Å². The van der Waals surface area contributed by atoms with Crippen LogP contribution in [0.25, 0.3) is 0 Å². The van der Waals surface area contributed by atoms with E-state index in [2.05, 4.69) is 9.88 Å². The van der Waals surface area contributed by atoms with Gasteiger partial charge in [0.25, 0.3) is 0 Å². The van der Waals surface area contributed by atoms with E-state index in [4.69, 9.17) is 9.90 Å². The number of carboxylic acids is 1. The van der Waals surface area contributed by atoms with Gasteiger partial charge < -0.3 is 14.6 Å². The third kappa shape index (κ3) is 5.40. The Hall–Kier alpha value is -2.95. The van der Waals surface area contributed by atoms with Crippen LogP contribution in [-0.4, -0.2) is 57.2 Å². The normalized spacial score (nSPS) is 21.5. The maximum absolute atomic E-state index is 13.1. The van der Waals surface area contributed by atoms with Crippen LogP contribution in [-0.2, 0) is 23.2 Å². The van der Waals surface area contributed by atoms with Gasteiger partial charge in [0.2, 0.25) is 5.91 Å². The molecular formula is C20H22F4N4O3. The standard InChI is InChI=1S/C18H21FN4O.C2HF3O2/c1-21-9-7-20-16(21)11-22-8-6-18(12-22)10-17(24)23(13-18)15-4-2-14(19)3-5-15;3-2(4,5)1(6)7/h2-5,7,9H,6,8,10-13H2,1H3;(H,6,7). The first-order chi connectivity index (χ1) is 14.5. The average Bonchev–Trinajstić information content (AvgIpc) is 3.36. The average molecular weight is 442 g/mol. The molecule has 2 aliphatic rings. The van der Waals surface area contributed by atoms with Crippen LogP contribution in [0.1, 0.15) is 18.7 Å². The van der Waals surface area contributed by atoms with E-state index in [1.54, 1.807) is 12.1 Å². The predicted octanol–water partition coefficient (Wildman–Crippen LogP) is 2.82.